The van der Waals surface area contributed by atoms with Gasteiger partial charge in [-0.05, 0) is 199 Å². The van der Waals surface area contributed by atoms with Gasteiger partial charge in [-0.1, -0.05) is 156 Å². The number of aromatic nitrogens is 1. The average molecular weight is 972 g/mol. The molecule has 5 heteroatoms. The first-order valence-corrected chi connectivity index (χ1v) is 27.9. The maximum atomic E-state index is 6.95. The minimum atomic E-state index is -0.0472. The molecule has 0 atom stereocenters. The van der Waals surface area contributed by atoms with Gasteiger partial charge in [0.1, 0.15) is 5.52 Å². The summed E-state index contributed by atoms with van der Waals surface area (Å²) in [5.41, 5.74) is 23.6. The summed E-state index contributed by atoms with van der Waals surface area (Å²) in [6, 6.07) is 54.2. The van der Waals surface area contributed by atoms with Crippen LogP contribution in [0, 0.1) is 17.8 Å². The van der Waals surface area contributed by atoms with Gasteiger partial charge >= 0.3 is 0 Å². The Balaban J connectivity index is 1.05. The van der Waals surface area contributed by atoms with E-state index in [0.717, 1.165) is 34.4 Å². The molecule has 3 heterocycles. The third-order valence-electron chi connectivity index (χ3n) is 18.3. The summed E-state index contributed by atoms with van der Waals surface area (Å²) >= 11 is 0. The van der Waals surface area contributed by atoms with Crippen LogP contribution in [0.1, 0.15) is 149 Å². The van der Waals surface area contributed by atoms with E-state index in [9.17, 15) is 0 Å². The molecule has 4 fully saturated rings. The molecule has 0 N–H and O–H groups in total. The van der Waals surface area contributed by atoms with Gasteiger partial charge in [0.25, 0.3) is 6.71 Å². The van der Waals surface area contributed by atoms with Crippen LogP contribution in [0.4, 0.5) is 34.1 Å². The van der Waals surface area contributed by atoms with Crippen molar-refractivity contribution in [2.45, 2.75) is 149 Å². The number of nitrogens with zero attached hydrogens (tertiary/aromatic N) is 3. The summed E-state index contributed by atoms with van der Waals surface area (Å²) in [5, 5.41) is 0. The van der Waals surface area contributed by atoms with Crippen molar-refractivity contribution in [3.05, 3.63) is 167 Å². The first-order valence-electron chi connectivity index (χ1n) is 27.9. The van der Waals surface area contributed by atoms with Gasteiger partial charge in [0.2, 0.25) is 5.89 Å². The number of hydrogen-bond acceptors (Lipinski definition) is 4. The van der Waals surface area contributed by atoms with E-state index in [1.807, 2.05) is 0 Å². The predicted octanol–water partition coefficient (Wildman–Crippen LogP) is 16.9. The Morgan fingerprint density at radius 2 is 0.865 bits per heavy atom. The summed E-state index contributed by atoms with van der Waals surface area (Å²) in [5.74, 6) is 3.12. The average Bonchev–Trinajstić information content (AvgIpc) is 3.81. The highest BCUT2D eigenvalue weighted by molar-refractivity contribution is 7.00. The Kier molecular flexibility index (Phi) is 10.5. The fourth-order valence-corrected chi connectivity index (χ4v) is 14.5. The maximum Gasteiger partial charge on any atom is 0.252 e. The van der Waals surface area contributed by atoms with Crippen molar-refractivity contribution in [2.75, 3.05) is 9.80 Å². The molecule has 1 aromatic heterocycles. The van der Waals surface area contributed by atoms with Crippen molar-refractivity contribution in [3.63, 3.8) is 0 Å². The molecule has 7 aromatic carbocycles. The summed E-state index contributed by atoms with van der Waals surface area (Å²) in [6.07, 6.45) is 8.15. The standard InChI is InChI=1S/C69H74BN3O/c1-65(2,3)48-19-17-46(18-20-48)45-13-15-47(16-14-45)64-71-57-37-56-59(38-62(57)74-64)73(54-28-23-50(24-29-54)67(7,8)9)61-36-52(69-39-42-31-43(40-69)33-44(32-42)41-69)35-60-63(61)70(56)55-34-51(68(10,11)12)25-30-58(55)72(60)53-26-21-49(22-27-53)66(4,5)6/h13-30,34-38,42-44H,31-33,39-41H2,1-12H3. The number of rotatable bonds is 5. The van der Waals surface area contributed by atoms with E-state index in [4.69, 9.17) is 9.40 Å². The monoisotopic (exact) mass is 972 g/mol. The van der Waals surface area contributed by atoms with Crippen LogP contribution in [-0.4, -0.2) is 11.7 Å². The molecule has 6 aliphatic rings. The fourth-order valence-electron chi connectivity index (χ4n) is 14.5. The molecule has 0 unspecified atom stereocenters. The van der Waals surface area contributed by atoms with E-state index in [-0.39, 0.29) is 33.8 Å². The van der Waals surface area contributed by atoms with Crippen LogP contribution in [-0.2, 0) is 27.1 Å². The lowest BCUT2D eigenvalue weighted by molar-refractivity contribution is -0.00514. The second kappa shape index (κ2) is 16.3. The van der Waals surface area contributed by atoms with Crippen molar-refractivity contribution in [3.8, 4) is 22.6 Å². The number of fused-ring (bicyclic) bond motifs is 5. The number of oxazole rings is 1. The number of anilines is 6. The molecular weight excluding hydrogens is 898 g/mol. The van der Waals surface area contributed by atoms with Crippen molar-refractivity contribution >= 4 is 68.3 Å². The fraction of sp³-hybridized carbons (Fsp3) is 0.377. The lowest BCUT2D eigenvalue weighted by atomic mass is 9.33. The Labute approximate surface area is 441 Å². The van der Waals surface area contributed by atoms with Gasteiger partial charge in [0.15, 0.2) is 5.58 Å². The molecule has 0 radical (unpaired) electrons. The number of hydrogen-bond donors (Lipinski definition) is 0. The van der Waals surface area contributed by atoms with E-state index >= 15 is 0 Å². The van der Waals surface area contributed by atoms with Crippen molar-refractivity contribution in [1.82, 2.24) is 4.98 Å². The number of benzene rings is 7. The second-order valence-corrected chi connectivity index (χ2v) is 27.6. The SMILES string of the molecule is CC(C)(C)c1ccc(-c2ccc(-c3nc4cc5c(cc4o3)N(c3ccc(C(C)(C)C)cc3)c3cc(C46CC7CC(CC(C7)C4)C6)cc4c3B5c3cc(C(C)(C)C)ccc3N4c3ccc(C(C)(C)C)cc3)cc2)cc1. The normalized spacial score (nSPS) is 21.0. The van der Waals surface area contributed by atoms with Crippen LogP contribution in [0.25, 0.3) is 33.7 Å². The van der Waals surface area contributed by atoms with Crippen molar-refractivity contribution in [2.24, 2.45) is 17.8 Å². The summed E-state index contributed by atoms with van der Waals surface area (Å²) < 4.78 is 6.95. The molecule has 8 aromatic rings. The molecule has 4 aliphatic carbocycles. The smallest absolute Gasteiger partial charge is 0.252 e. The lowest BCUT2D eigenvalue weighted by Gasteiger charge is -2.57. The molecule has 74 heavy (non-hydrogen) atoms. The largest absolute Gasteiger partial charge is 0.436 e. The van der Waals surface area contributed by atoms with Gasteiger partial charge < -0.3 is 14.2 Å². The third-order valence-corrected chi connectivity index (χ3v) is 18.3. The molecule has 4 saturated carbocycles. The molecule has 2 aliphatic heterocycles. The molecule has 4 nitrogen and oxygen atoms in total. The molecule has 4 bridgehead atoms. The molecule has 0 spiro atoms. The summed E-state index contributed by atoms with van der Waals surface area (Å²) in [4.78, 5) is 10.6. The maximum absolute atomic E-state index is 6.95. The highest BCUT2D eigenvalue weighted by Gasteiger charge is 2.53. The van der Waals surface area contributed by atoms with Crippen LogP contribution < -0.4 is 26.2 Å². The van der Waals surface area contributed by atoms with Crippen LogP contribution in [0.5, 0.6) is 0 Å². The van der Waals surface area contributed by atoms with E-state index < -0.39 is 0 Å². The zero-order valence-corrected chi connectivity index (χ0v) is 46.1. The molecule has 0 saturated heterocycles. The quantitative estimate of drug-likeness (QED) is 0.161. The first kappa shape index (κ1) is 47.4. The van der Waals surface area contributed by atoms with Crippen molar-refractivity contribution < 1.29 is 4.42 Å². The van der Waals surface area contributed by atoms with Crippen molar-refractivity contribution in [1.29, 1.82) is 0 Å². The van der Waals surface area contributed by atoms with E-state index in [0.29, 0.717) is 5.89 Å². The summed E-state index contributed by atoms with van der Waals surface area (Å²) in [6.45, 7) is 27.7. The van der Waals surface area contributed by atoms with Crippen LogP contribution in [0.2, 0.25) is 0 Å². The zero-order valence-electron chi connectivity index (χ0n) is 46.1. The second-order valence-electron chi connectivity index (χ2n) is 27.6. The Bertz CT molecular complexity index is 3460. The van der Waals surface area contributed by atoms with Gasteiger partial charge in [-0.2, -0.15) is 0 Å². The third kappa shape index (κ3) is 7.80. The van der Waals surface area contributed by atoms with Gasteiger partial charge in [0, 0.05) is 45.8 Å². The Morgan fingerprint density at radius 3 is 1.35 bits per heavy atom. The topological polar surface area (TPSA) is 32.5 Å². The van der Waals surface area contributed by atoms with Gasteiger partial charge in [-0.3, -0.25) is 0 Å². The molecule has 0 amide bonds. The van der Waals surface area contributed by atoms with Crippen LogP contribution >= 0.6 is 0 Å². The predicted molar refractivity (Wildman–Crippen MR) is 314 cm³/mol. The molecule has 374 valence electrons. The van der Waals surface area contributed by atoms with Crippen LogP contribution in [0.15, 0.2) is 144 Å². The Hall–Kier alpha value is -6.33. The minimum Gasteiger partial charge on any atom is -0.436 e. The summed E-state index contributed by atoms with van der Waals surface area (Å²) in [7, 11) is 0. The van der Waals surface area contributed by atoms with Gasteiger partial charge in [0.05, 0.1) is 0 Å². The van der Waals surface area contributed by atoms with E-state index in [2.05, 4.69) is 232 Å². The van der Waals surface area contributed by atoms with E-state index in [1.165, 1.54) is 128 Å². The molecule has 14 rings (SSSR count). The van der Waals surface area contributed by atoms with Gasteiger partial charge in [-0.15, -0.1) is 0 Å². The highest BCUT2D eigenvalue weighted by Crippen LogP contribution is 2.62. The van der Waals surface area contributed by atoms with E-state index in [1.54, 1.807) is 0 Å². The van der Waals surface area contributed by atoms with Gasteiger partial charge in [-0.25, -0.2) is 4.98 Å². The first-order chi connectivity index (χ1) is 35.1. The Morgan fingerprint density at radius 1 is 0.446 bits per heavy atom. The van der Waals surface area contributed by atoms with Crippen LogP contribution in [0.3, 0.4) is 0 Å². The minimum absolute atomic E-state index is 0.0238. The zero-order chi connectivity index (χ0) is 51.4. The highest BCUT2D eigenvalue weighted by atomic mass is 16.3. The molecular formula is C69H74BN3O. The lowest BCUT2D eigenvalue weighted by Crippen LogP contribution is -2.61.